The number of benzene rings is 1. The molecule has 0 spiro atoms. The predicted molar refractivity (Wildman–Crippen MR) is 72.7 cm³/mol. The summed E-state index contributed by atoms with van der Waals surface area (Å²) in [5, 5.41) is 20.4. The molecule has 0 saturated carbocycles. The Morgan fingerprint density at radius 1 is 1.43 bits per heavy atom. The fourth-order valence-corrected chi connectivity index (χ4v) is 2.16. The molecule has 0 radical (unpaired) electrons. The van der Waals surface area contributed by atoms with Crippen molar-refractivity contribution < 1.29 is 19.5 Å². The lowest BCUT2D eigenvalue weighted by Gasteiger charge is -2.42. The smallest absolute Gasteiger partial charge is 0.335 e. The number of amides is 2. The number of carbonyl (C=O) groups excluding carboxylic acids is 2. The molecular weight excluding hydrogens is 274 g/mol. The van der Waals surface area contributed by atoms with Gasteiger partial charge in [-0.1, -0.05) is 0 Å². The zero-order valence-corrected chi connectivity index (χ0v) is 11.5. The first-order valence-electron chi connectivity index (χ1n) is 6.16. The lowest BCUT2D eigenvalue weighted by atomic mass is 9.96. The Hall–Kier alpha value is -2.88. The van der Waals surface area contributed by atoms with Crippen LogP contribution in [0.1, 0.15) is 29.8 Å². The number of hydrogen-bond donors (Lipinski definition) is 2. The largest absolute Gasteiger partial charge is 0.478 e. The molecule has 108 valence electrons. The van der Waals surface area contributed by atoms with Gasteiger partial charge in [-0.05, 0) is 32.0 Å². The zero-order valence-electron chi connectivity index (χ0n) is 11.5. The van der Waals surface area contributed by atoms with Gasteiger partial charge in [0, 0.05) is 0 Å². The van der Waals surface area contributed by atoms with Crippen LogP contribution >= 0.6 is 0 Å². The normalized spacial score (nSPS) is 17.1. The minimum absolute atomic E-state index is 0.0270. The number of carboxylic acids is 1. The van der Waals surface area contributed by atoms with Crippen LogP contribution in [0.5, 0.6) is 0 Å². The van der Waals surface area contributed by atoms with Crippen molar-refractivity contribution in [2.45, 2.75) is 19.4 Å². The summed E-state index contributed by atoms with van der Waals surface area (Å²) in [4.78, 5) is 35.9. The first-order chi connectivity index (χ1) is 9.77. The van der Waals surface area contributed by atoms with E-state index in [2.05, 4.69) is 5.32 Å². The van der Waals surface area contributed by atoms with Crippen molar-refractivity contribution in [2.75, 3.05) is 11.4 Å². The Morgan fingerprint density at radius 3 is 2.67 bits per heavy atom. The van der Waals surface area contributed by atoms with Gasteiger partial charge >= 0.3 is 5.97 Å². The van der Waals surface area contributed by atoms with E-state index in [1.165, 1.54) is 23.1 Å². The summed E-state index contributed by atoms with van der Waals surface area (Å²) < 4.78 is 0. The average molecular weight is 287 g/mol. The number of imide groups is 1. The molecule has 0 bridgehead atoms. The van der Waals surface area contributed by atoms with Crippen LogP contribution in [0.4, 0.5) is 5.69 Å². The Labute approximate surface area is 120 Å². The molecule has 1 aromatic rings. The molecule has 0 unspecified atom stereocenters. The van der Waals surface area contributed by atoms with Crippen LogP contribution in [0.3, 0.4) is 0 Å². The van der Waals surface area contributed by atoms with Crippen LogP contribution in [-0.2, 0) is 9.59 Å². The highest BCUT2D eigenvalue weighted by molar-refractivity contribution is 6.07. The van der Waals surface area contributed by atoms with Gasteiger partial charge in [-0.2, -0.15) is 5.26 Å². The molecule has 1 fully saturated rings. The van der Waals surface area contributed by atoms with Gasteiger partial charge in [-0.15, -0.1) is 0 Å². The highest BCUT2D eigenvalue weighted by atomic mass is 16.4. The lowest BCUT2D eigenvalue weighted by molar-refractivity contribution is -0.135. The molecule has 7 heteroatoms. The van der Waals surface area contributed by atoms with Crippen molar-refractivity contribution in [3.8, 4) is 6.07 Å². The third-order valence-electron chi connectivity index (χ3n) is 3.44. The van der Waals surface area contributed by atoms with E-state index >= 15 is 0 Å². The van der Waals surface area contributed by atoms with E-state index in [9.17, 15) is 19.6 Å². The van der Waals surface area contributed by atoms with Crippen molar-refractivity contribution in [3.63, 3.8) is 0 Å². The molecule has 1 saturated heterocycles. The fraction of sp³-hybridized carbons (Fsp3) is 0.286. The number of anilines is 1. The van der Waals surface area contributed by atoms with Crippen molar-refractivity contribution in [1.29, 1.82) is 5.26 Å². The Kier molecular flexibility index (Phi) is 3.39. The topological polar surface area (TPSA) is 110 Å². The second-order valence-corrected chi connectivity index (χ2v) is 5.17. The number of nitrogens with zero attached hydrogens (tertiary/aromatic N) is 2. The molecule has 0 aromatic heterocycles. The SMILES string of the molecule is CC1(C)C(=O)NC(=O)CN1c1ccc(C(=O)O)cc1C#N. The van der Waals surface area contributed by atoms with Gasteiger partial charge in [0.2, 0.25) is 5.91 Å². The van der Waals surface area contributed by atoms with Gasteiger partial charge in [0.1, 0.15) is 11.6 Å². The van der Waals surface area contributed by atoms with Gasteiger partial charge in [0.15, 0.2) is 0 Å². The molecule has 7 nitrogen and oxygen atoms in total. The second kappa shape index (κ2) is 4.90. The van der Waals surface area contributed by atoms with Crippen molar-refractivity contribution in [1.82, 2.24) is 5.32 Å². The van der Waals surface area contributed by atoms with Crippen LogP contribution in [0.15, 0.2) is 18.2 Å². The van der Waals surface area contributed by atoms with Gasteiger partial charge in [-0.3, -0.25) is 14.9 Å². The van der Waals surface area contributed by atoms with Crippen molar-refractivity contribution in [2.24, 2.45) is 0 Å². The lowest BCUT2D eigenvalue weighted by Crippen LogP contribution is -2.64. The van der Waals surface area contributed by atoms with Gasteiger partial charge in [0.05, 0.1) is 23.4 Å². The number of piperazine rings is 1. The molecule has 21 heavy (non-hydrogen) atoms. The van der Waals surface area contributed by atoms with Crippen LogP contribution in [0.25, 0.3) is 0 Å². The molecule has 2 rings (SSSR count). The molecule has 1 aliphatic rings. The van der Waals surface area contributed by atoms with E-state index in [0.29, 0.717) is 5.69 Å². The number of carboxylic acid groups (broad SMARTS) is 1. The average Bonchev–Trinajstić information content (AvgIpc) is 2.42. The molecule has 2 amide bonds. The van der Waals surface area contributed by atoms with Gasteiger partial charge < -0.3 is 10.0 Å². The number of nitrogens with one attached hydrogen (secondary N) is 1. The number of rotatable bonds is 2. The molecule has 1 aliphatic heterocycles. The van der Waals surface area contributed by atoms with Gasteiger partial charge in [0.25, 0.3) is 5.91 Å². The highest BCUT2D eigenvalue weighted by Crippen LogP contribution is 2.30. The van der Waals surface area contributed by atoms with E-state index in [1.807, 2.05) is 6.07 Å². The number of carbonyl (C=O) groups is 3. The summed E-state index contributed by atoms with van der Waals surface area (Å²) in [5.74, 6) is -2.08. The molecule has 1 aromatic carbocycles. The van der Waals surface area contributed by atoms with E-state index < -0.39 is 23.3 Å². The quantitative estimate of drug-likeness (QED) is 0.766. The first kappa shape index (κ1) is 14.5. The Morgan fingerprint density at radius 2 is 2.10 bits per heavy atom. The number of hydrogen-bond acceptors (Lipinski definition) is 5. The van der Waals surface area contributed by atoms with Gasteiger partial charge in [-0.25, -0.2) is 4.79 Å². The van der Waals surface area contributed by atoms with E-state index in [4.69, 9.17) is 5.11 Å². The summed E-state index contributed by atoms with van der Waals surface area (Å²) >= 11 is 0. The van der Waals surface area contributed by atoms with E-state index in [-0.39, 0.29) is 17.7 Å². The minimum atomic E-state index is -1.15. The maximum Gasteiger partial charge on any atom is 0.335 e. The van der Waals surface area contributed by atoms with Crippen LogP contribution in [0.2, 0.25) is 0 Å². The van der Waals surface area contributed by atoms with Crippen LogP contribution < -0.4 is 10.2 Å². The molecule has 0 aliphatic carbocycles. The monoisotopic (exact) mass is 287 g/mol. The highest BCUT2D eigenvalue weighted by Gasteiger charge is 2.41. The molecule has 0 atom stereocenters. The van der Waals surface area contributed by atoms with Crippen LogP contribution in [0, 0.1) is 11.3 Å². The van der Waals surface area contributed by atoms with Crippen molar-refractivity contribution >= 4 is 23.5 Å². The van der Waals surface area contributed by atoms with E-state index in [0.717, 1.165) is 0 Å². The second-order valence-electron chi connectivity index (χ2n) is 5.17. The molecule has 1 heterocycles. The third-order valence-corrected chi connectivity index (χ3v) is 3.44. The standard InChI is InChI=1S/C14H13N3O4/c1-14(2)13(21)16-11(18)7-17(14)10-4-3-8(12(19)20)5-9(10)6-15/h3-5H,7H2,1-2H3,(H,19,20)(H,16,18,21). The summed E-state index contributed by atoms with van der Waals surface area (Å²) in [6, 6.07) is 5.91. The summed E-state index contributed by atoms with van der Waals surface area (Å²) in [6.07, 6.45) is 0. The van der Waals surface area contributed by atoms with E-state index in [1.54, 1.807) is 13.8 Å². The Bertz CT molecular complexity index is 688. The fourth-order valence-electron chi connectivity index (χ4n) is 2.16. The van der Waals surface area contributed by atoms with Crippen LogP contribution in [-0.4, -0.2) is 35.0 Å². The third kappa shape index (κ3) is 2.43. The maximum absolute atomic E-state index is 11.9. The number of nitriles is 1. The molecule has 2 N–H and O–H groups in total. The van der Waals surface area contributed by atoms with Crippen molar-refractivity contribution in [3.05, 3.63) is 29.3 Å². The summed E-state index contributed by atoms with van der Waals surface area (Å²) in [7, 11) is 0. The minimum Gasteiger partial charge on any atom is -0.478 e. The maximum atomic E-state index is 11.9. The summed E-state index contributed by atoms with van der Waals surface area (Å²) in [5.41, 5.74) is -0.591. The predicted octanol–water partition coefficient (Wildman–Crippen LogP) is 0.498. The zero-order chi connectivity index (χ0) is 15.8. The number of aromatic carboxylic acids is 1. The Balaban J connectivity index is 2.55. The first-order valence-corrected chi connectivity index (χ1v) is 6.16. The summed E-state index contributed by atoms with van der Waals surface area (Å²) in [6.45, 7) is 3.17. The molecular formula is C14H13N3O4.